The number of phenols is 1. The number of aryl methyl sites for hydroxylation is 1. The third-order valence-corrected chi connectivity index (χ3v) is 3.72. The molecule has 0 aliphatic heterocycles. The molecule has 0 saturated heterocycles. The first-order valence-corrected chi connectivity index (χ1v) is 7.56. The number of aromatic nitrogens is 1. The van der Waals surface area contributed by atoms with Gasteiger partial charge in [0.2, 0.25) is 5.91 Å². The number of benzene rings is 2. The maximum absolute atomic E-state index is 11.6. The van der Waals surface area contributed by atoms with Crippen molar-refractivity contribution in [1.29, 1.82) is 0 Å². The molecule has 2 N–H and O–H groups in total. The molecular weight excluding hydrogens is 304 g/mol. The van der Waals surface area contributed by atoms with Crippen molar-refractivity contribution in [3.63, 3.8) is 0 Å². The van der Waals surface area contributed by atoms with Gasteiger partial charge in [0.25, 0.3) is 0 Å². The predicted octanol–water partition coefficient (Wildman–Crippen LogP) is 3.50. The number of carbonyl (C=O) groups is 1. The molecule has 3 aromatic rings. The molecule has 122 valence electrons. The summed E-state index contributed by atoms with van der Waals surface area (Å²) in [4.78, 5) is 16.3. The zero-order valence-electron chi connectivity index (χ0n) is 13.5. The van der Waals surface area contributed by atoms with Crippen molar-refractivity contribution in [2.24, 2.45) is 0 Å². The fourth-order valence-corrected chi connectivity index (χ4v) is 2.61. The molecule has 0 aliphatic rings. The van der Waals surface area contributed by atoms with Gasteiger partial charge in [0, 0.05) is 23.7 Å². The smallest absolute Gasteiger partial charge is 0.250 e. The monoisotopic (exact) mass is 322 g/mol. The van der Waals surface area contributed by atoms with Gasteiger partial charge in [0.15, 0.2) is 0 Å². The number of methoxy groups -OCH3 is 1. The average Bonchev–Trinajstić information content (AvgIpc) is 2.55. The SMILES string of the molecule is COCC(=O)Nc1ccc2nc(-c3cccc(O)c3)cc(C)c2c1. The fourth-order valence-electron chi connectivity index (χ4n) is 2.61. The minimum absolute atomic E-state index is 0.0196. The highest BCUT2D eigenvalue weighted by Crippen LogP contribution is 2.28. The third-order valence-electron chi connectivity index (χ3n) is 3.72. The summed E-state index contributed by atoms with van der Waals surface area (Å²) in [7, 11) is 1.48. The van der Waals surface area contributed by atoms with Gasteiger partial charge < -0.3 is 15.2 Å². The Balaban J connectivity index is 1.99. The van der Waals surface area contributed by atoms with Gasteiger partial charge in [0.1, 0.15) is 12.4 Å². The number of fused-ring (bicyclic) bond motifs is 1. The number of ether oxygens (including phenoxy) is 1. The Kier molecular flexibility index (Phi) is 4.44. The van der Waals surface area contributed by atoms with Crippen LogP contribution in [-0.4, -0.2) is 29.7 Å². The van der Waals surface area contributed by atoms with Gasteiger partial charge in [-0.05, 0) is 48.9 Å². The Hall–Kier alpha value is -2.92. The topological polar surface area (TPSA) is 71.5 Å². The highest BCUT2D eigenvalue weighted by Gasteiger charge is 2.08. The molecule has 0 radical (unpaired) electrons. The van der Waals surface area contributed by atoms with Crippen LogP contribution in [0.4, 0.5) is 5.69 Å². The number of hydrogen-bond donors (Lipinski definition) is 2. The number of nitrogens with one attached hydrogen (secondary N) is 1. The second-order valence-corrected chi connectivity index (χ2v) is 5.59. The maximum Gasteiger partial charge on any atom is 0.250 e. The lowest BCUT2D eigenvalue weighted by Crippen LogP contribution is -2.17. The van der Waals surface area contributed by atoms with Crippen molar-refractivity contribution in [2.75, 3.05) is 19.0 Å². The number of phenolic OH excluding ortho intramolecular Hbond substituents is 1. The highest BCUT2D eigenvalue weighted by molar-refractivity contribution is 5.95. The second kappa shape index (κ2) is 6.68. The number of hydrogen-bond acceptors (Lipinski definition) is 4. The standard InChI is InChI=1S/C19H18N2O3/c1-12-8-18(13-4-3-5-15(22)9-13)21-17-7-6-14(10-16(12)17)20-19(23)11-24-2/h3-10,22H,11H2,1-2H3,(H,20,23). The largest absolute Gasteiger partial charge is 0.508 e. The van der Waals surface area contributed by atoms with E-state index in [0.717, 1.165) is 27.7 Å². The summed E-state index contributed by atoms with van der Waals surface area (Å²) in [5.74, 6) is 0.0158. The molecule has 3 rings (SSSR count). The van der Waals surface area contributed by atoms with Crippen LogP contribution in [0.15, 0.2) is 48.5 Å². The number of amides is 1. The first-order valence-electron chi connectivity index (χ1n) is 7.56. The van der Waals surface area contributed by atoms with Gasteiger partial charge in [0.05, 0.1) is 11.2 Å². The zero-order valence-corrected chi connectivity index (χ0v) is 13.5. The molecule has 0 fully saturated rings. The first-order chi connectivity index (χ1) is 11.6. The Morgan fingerprint density at radius 1 is 1.21 bits per heavy atom. The van der Waals surface area contributed by atoms with Crippen LogP contribution in [0.1, 0.15) is 5.56 Å². The molecule has 0 aliphatic carbocycles. The third kappa shape index (κ3) is 3.36. The van der Waals surface area contributed by atoms with E-state index in [4.69, 9.17) is 4.74 Å². The summed E-state index contributed by atoms with van der Waals surface area (Å²) in [6.45, 7) is 2.02. The van der Waals surface area contributed by atoms with E-state index in [2.05, 4.69) is 10.3 Å². The van der Waals surface area contributed by atoms with Crippen molar-refractivity contribution in [2.45, 2.75) is 6.92 Å². The Morgan fingerprint density at radius 2 is 2.04 bits per heavy atom. The summed E-state index contributed by atoms with van der Waals surface area (Å²) in [5.41, 5.74) is 4.24. The molecule has 0 spiro atoms. The van der Waals surface area contributed by atoms with Crippen LogP contribution in [0.25, 0.3) is 22.2 Å². The molecular formula is C19H18N2O3. The van der Waals surface area contributed by atoms with Crippen molar-refractivity contribution >= 4 is 22.5 Å². The molecule has 5 heteroatoms. The lowest BCUT2D eigenvalue weighted by atomic mass is 10.0. The van der Waals surface area contributed by atoms with Crippen molar-refractivity contribution in [3.05, 3.63) is 54.1 Å². The molecule has 1 heterocycles. The first kappa shape index (κ1) is 16.0. The van der Waals surface area contributed by atoms with Crippen LogP contribution < -0.4 is 5.32 Å². The summed E-state index contributed by atoms with van der Waals surface area (Å²) in [6, 6.07) is 14.6. The van der Waals surface area contributed by atoms with Crippen molar-refractivity contribution in [3.8, 4) is 17.0 Å². The zero-order chi connectivity index (χ0) is 17.1. The Labute approximate surface area is 139 Å². The lowest BCUT2D eigenvalue weighted by molar-refractivity contribution is -0.119. The summed E-state index contributed by atoms with van der Waals surface area (Å²) >= 11 is 0. The van der Waals surface area contributed by atoms with Crippen molar-refractivity contribution < 1.29 is 14.6 Å². The number of rotatable bonds is 4. The maximum atomic E-state index is 11.6. The van der Waals surface area contributed by atoms with E-state index in [9.17, 15) is 9.90 Å². The van der Waals surface area contributed by atoms with E-state index in [-0.39, 0.29) is 18.3 Å². The van der Waals surface area contributed by atoms with Crippen LogP contribution in [0, 0.1) is 6.92 Å². The number of carbonyl (C=O) groups excluding carboxylic acids is 1. The van der Waals surface area contributed by atoms with Gasteiger partial charge in [-0.1, -0.05) is 12.1 Å². The normalized spacial score (nSPS) is 10.8. The lowest BCUT2D eigenvalue weighted by Gasteiger charge is -2.10. The Morgan fingerprint density at radius 3 is 2.79 bits per heavy atom. The molecule has 5 nitrogen and oxygen atoms in total. The molecule has 24 heavy (non-hydrogen) atoms. The molecule has 1 amide bonds. The summed E-state index contributed by atoms with van der Waals surface area (Å²) < 4.78 is 4.82. The van der Waals surface area contributed by atoms with Gasteiger partial charge >= 0.3 is 0 Å². The van der Waals surface area contributed by atoms with E-state index < -0.39 is 0 Å². The predicted molar refractivity (Wildman–Crippen MR) is 94.1 cm³/mol. The van der Waals surface area contributed by atoms with Gasteiger partial charge in [-0.2, -0.15) is 0 Å². The fraction of sp³-hybridized carbons (Fsp3) is 0.158. The molecule has 0 unspecified atom stereocenters. The number of anilines is 1. The molecule has 2 aromatic carbocycles. The van der Waals surface area contributed by atoms with Gasteiger partial charge in [-0.3, -0.25) is 4.79 Å². The minimum atomic E-state index is -0.196. The van der Waals surface area contributed by atoms with E-state index in [1.807, 2.05) is 37.3 Å². The van der Waals surface area contributed by atoms with Gasteiger partial charge in [-0.15, -0.1) is 0 Å². The Bertz CT molecular complexity index is 906. The highest BCUT2D eigenvalue weighted by atomic mass is 16.5. The van der Waals surface area contributed by atoms with Crippen LogP contribution in [0.5, 0.6) is 5.75 Å². The molecule has 0 saturated carbocycles. The minimum Gasteiger partial charge on any atom is -0.508 e. The van der Waals surface area contributed by atoms with E-state index in [1.54, 1.807) is 18.2 Å². The van der Waals surface area contributed by atoms with Crippen LogP contribution in [-0.2, 0) is 9.53 Å². The van der Waals surface area contributed by atoms with E-state index in [0.29, 0.717) is 5.69 Å². The number of aromatic hydroxyl groups is 1. The quantitative estimate of drug-likeness (QED) is 0.771. The van der Waals surface area contributed by atoms with Crippen molar-refractivity contribution in [1.82, 2.24) is 4.98 Å². The van der Waals surface area contributed by atoms with Crippen LogP contribution in [0.2, 0.25) is 0 Å². The number of pyridine rings is 1. The second-order valence-electron chi connectivity index (χ2n) is 5.59. The average molecular weight is 322 g/mol. The van der Waals surface area contributed by atoms with Gasteiger partial charge in [-0.25, -0.2) is 4.98 Å². The molecule has 0 atom stereocenters. The number of nitrogens with zero attached hydrogens (tertiary/aromatic N) is 1. The van der Waals surface area contributed by atoms with Crippen LogP contribution >= 0.6 is 0 Å². The van der Waals surface area contributed by atoms with Crippen LogP contribution in [0.3, 0.4) is 0 Å². The van der Waals surface area contributed by atoms with E-state index >= 15 is 0 Å². The molecule has 1 aromatic heterocycles. The summed E-state index contributed by atoms with van der Waals surface area (Å²) in [5, 5.41) is 13.4. The summed E-state index contributed by atoms with van der Waals surface area (Å²) in [6.07, 6.45) is 0. The molecule has 0 bridgehead atoms. The van der Waals surface area contributed by atoms with E-state index in [1.165, 1.54) is 7.11 Å².